The van der Waals surface area contributed by atoms with Crippen molar-refractivity contribution in [3.8, 4) is 5.75 Å². The Morgan fingerprint density at radius 1 is 1.10 bits per heavy atom. The third-order valence-electron chi connectivity index (χ3n) is 4.83. The zero-order valence-electron chi connectivity index (χ0n) is 17.4. The number of methoxy groups -OCH3 is 1. The number of rotatable bonds is 10. The number of benzene rings is 2. The molecule has 3 aromatic rings. The Kier molecular flexibility index (Phi) is 7.72. The Labute approximate surface area is 185 Å². The highest BCUT2D eigenvalue weighted by molar-refractivity contribution is 6.30. The van der Waals surface area contributed by atoms with Gasteiger partial charge in [0, 0.05) is 30.8 Å². The molecule has 0 saturated heterocycles. The fraction of sp³-hybridized carbons (Fsp3) is 0.318. The number of Topliss-reactive ketones (excluding diaryl/α,β-unsaturated/α-hetero) is 1. The lowest BCUT2D eigenvalue weighted by Crippen LogP contribution is -2.24. The molecule has 0 unspecified atom stereocenters. The monoisotopic (exact) mass is 441 g/mol. The second kappa shape index (κ2) is 10.7. The number of likely N-dealkylation sites (N-methyl/N-ethyl adjacent to an activating group) is 1. The first kappa shape index (κ1) is 22.4. The van der Waals surface area contributed by atoms with Gasteiger partial charge in [-0.2, -0.15) is 4.80 Å². The van der Waals surface area contributed by atoms with Crippen molar-refractivity contribution in [3.63, 3.8) is 0 Å². The van der Waals surface area contributed by atoms with Gasteiger partial charge in [-0.1, -0.05) is 35.9 Å². The predicted molar refractivity (Wildman–Crippen MR) is 116 cm³/mol. The van der Waals surface area contributed by atoms with Crippen LogP contribution in [0.1, 0.15) is 29.3 Å². The largest absolute Gasteiger partial charge is 0.497 e. The van der Waals surface area contributed by atoms with Crippen LogP contribution in [-0.2, 0) is 29.0 Å². The van der Waals surface area contributed by atoms with Crippen LogP contribution in [-0.4, -0.2) is 46.1 Å². The van der Waals surface area contributed by atoms with E-state index < -0.39 is 0 Å². The summed E-state index contributed by atoms with van der Waals surface area (Å²) >= 11 is 5.93. The van der Waals surface area contributed by atoms with Gasteiger partial charge in [0.25, 0.3) is 0 Å². The highest BCUT2D eigenvalue weighted by Gasteiger charge is 2.22. The van der Waals surface area contributed by atoms with Crippen LogP contribution in [0.25, 0.3) is 0 Å². The molecule has 0 bridgehead atoms. The molecule has 1 atom stereocenters. The van der Waals surface area contributed by atoms with E-state index in [1.54, 1.807) is 26.3 Å². The molecule has 0 fully saturated rings. The van der Waals surface area contributed by atoms with Crippen LogP contribution in [0.15, 0.2) is 48.5 Å². The number of hydrogen-bond acceptors (Lipinski definition) is 6. The standard InChI is InChI=1S/C22H24ClN5O3/c1-24-21(30)14-28-26-22(25-27-28)17(11-15-5-9-20(31-2)10-6-15)13-19(29)12-16-3-7-18(23)8-4-16/h3-10,17H,11-14H2,1-2H3,(H,24,30)/t17-/m1/s1. The van der Waals surface area contributed by atoms with Gasteiger partial charge in [-0.05, 0) is 47.0 Å². The maximum atomic E-state index is 12.8. The molecule has 0 spiro atoms. The number of hydrogen-bond donors (Lipinski definition) is 1. The fourth-order valence-electron chi connectivity index (χ4n) is 3.17. The number of carbonyl (C=O) groups excluding carboxylic acids is 2. The molecule has 0 saturated carbocycles. The quantitative estimate of drug-likeness (QED) is 0.519. The molecular formula is C22H24ClN5O3. The van der Waals surface area contributed by atoms with Crippen molar-refractivity contribution in [1.29, 1.82) is 0 Å². The van der Waals surface area contributed by atoms with Gasteiger partial charge in [-0.15, -0.1) is 10.2 Å². The molecule has 0 aliphatic heterocycles. The zero-order chi connectivity index (χ0) is 22.2. The highest BCUT2D eigenvalue weighted by Crippen LogP contribution is 2.24. The number of nitrogens with one attached hydrogen (secondary N) is 1. The minimum absolute atomic E-state index is 0.0303. The number of carbonyl (C=O) groups is 2. The third-order valence-corrected chi connectivity index (χ3v) is 5.08. The van der Waals surface area contributed by atoms with Crippen LogP contribution >= 0.6 is 11.6 Å². The summed E-state index contributed by atoms with van der Waals surface area (Å²) in [6.07, 6.45) is 1.10. The second-order valence-corrected chi connectivity index (χ2v) is 7.58. The summed E-state index contributed by atoms with van der Waals surface area (Å²) in [7, 11) is 3.16. The van der Waals surface area contributed by atoms with Gasteiger partial charge >= 0.3 is 0 Å². The third kappa shape index (κ3) is 6.62. The van der Waals surface area contributed by atoms with Crippen molar-refractivity contribution < 1.29 is 14.3 Å². The number of halogens is 1. The highest BCUT2D eigenvalue weighted by atomic mass is 35.5. The molecule has 1 N–H and O–H groups in total. The maximum Gasteiger partial charge on any atom is 0.243 e. The molecule has 3 rings (SSSR count). The average Bonchev–Trinajstić information content (AvgIpc) is 3.23. The lowest BCUT2D eigenvalue weighted by atomic mass is 9.91. The minimum atomic E-state index is -0.272. The smallest absolute Gasteiger partial charge is 0.243 e. The van der Waals surface area contributed by atoms with E-state index in [2.05, 4.69) is 20.7 Å². The summed E-state index contributed by atoms with van der Waals surface area (Å²) in [6, 6.07) is 14.9. The first-order chi connectivity index (χ1) is 15.0. The molecule has 162 valence electrons. The van der Waals surface area contributed by atoms with Gasteiger partial charge in [0.15, 0.2) is 5.82 Å². The number of tetrazole rings is 1. The number of nitrogens with zero attached hydrogens (tertiary/aromatic N) is 4. The van der Waals surface area contributed by atoms with Crippen molar-refractivity contribution >= 4 is 23.3 Å². The Bertz CT molecular complexity index is 1020. The van der Waals surface area contributed by atoms with Gasteiger partial charge in [0.2, 0.25) is 5.91 Å². The lowest BCUT2D eigenvalue weighted by Gasteiger charge is -2.13. The molecule has 1 heterocycles. The molecule has 0 radical (unpaired) electrons. The SMILES string of the molecule is CNC(=O)Cn1nnc([C@@H](CC(=O)Cc2ccc(Cl)cc2)Cc2ccc(OC)cc2)n1. The Morgan fingerprint density at radius 3 is 2.42 bits per heavy atom. The number of aromatic nitrogens is 4. The summed E-state index contributed by atoms with van der Waals surface area (Å²) in [6.45, 7) is -0.0303. The van der Waals surface area contributed by atoms with E-state index in [-0.39, 0.29) is 30.6 Å². The van der Waals surface area contributed by atoms with Crippen LogP contribution in [0, 0.1) is 0 Å². The van der Waals surface area contributed by atoms with Gasteiger partial charge in [-0.3, -0.25) is 9.59 Å². The lowest BCUT2D eigenvalue weighted by molar-refractivity contribution is -0.121. The summed E-state index contributed by atoms with van der Waals surface area (Å²) in [5.74, 6) is 0.752. The van der Waals surface area contributed by atoms with Crippen molar-refractivity contribution in [2.75, 3.05) is 14.2 Å². The molecular weight excluding hydrogens is 418 g/mol. The van der Waals surface area contributed by atoms with E-state index in [1.807, 2.05) is 36.4 Å². The normalized spacial score (nSPS) is 11.7. The molecule has 0 aliphatic rings. The first-order valence-electron chi connectivity index (χ1n) is 9.84. The molecule has 1 aromatic heterocycles. The van der Waals surface area contributed by atoms with Gasteiger partial charge < -0.3 is 10.1 Å². The Balaban J connectivity index is 1.76. The maximum absolute atomic E-state index is 12.8. The summed E-state index contributed by atoms with van der Waals surface area (Å²) in [4.78, 5) is 25.6. The number of amides is 1. The van der Waals surface area contributed by atoms with E-state index in [1.165, 1.54) is 4.80 Å². The van der Waals surface area contributed by atoms with E-state index in [0.29, 0.717) is 23.7 Å². The van der Waals surface area contributed by atoms with Crippen molar-refractivity contribution in [2.24, 2.45) is 0 Å². The fourth-order valence-corrected chi connectivity index (χ4v) is 3.30. The summed E-state index contributed by atoms with van der Waals surface area (Å²) in [5, 5.41) is 15.6. The van der Waals surface area contributed by atoms with Gasteiger partial charge in [0.05, 0.1) is 7.11 Å². The van der Waals surface area contributed by atoms with Crippen LogP contribution < -0.4 is 10.1 Å². The van der Waals surface area contributed by atoms with E-state index in [4.69, 9.17) is 16.3 Å². The Hall–Kier alpha value is -3.26. The number of ketones is 1. The molecule has 0 aliphatic carbocycles. The van der Waals surface area contributed by atoms with Gasteiger partial charge in [-0.25, -0.2) is 0 Å². The van der Waals surface area contributed by atoms with Gasteiger partial charge in [0.1, 0.15) is 18.1 Å². The van der Waals surface area contributed by atoms with E-state index in [0.717, 1.165) is 16.9 Å². The molecule has 8 nitrogen and oxygen atoms in total. The van der Waals surface area contributed by atoms with Crippen molar-refractivity contribution in [1.82, 2.24) is 25.5 Å². The van der Waals surface area contributed by atoms with Crippen LogP contribution in [0.2, 0.25) is 5.02 Å². The Morgan fingerprint density at radius 2 is 1.77 bits per heavy atom. The minimum Gasteiger partial charge on any atom is -0.497 e. The average molecular weight is 442 g/mol. The van der Waals surface area contributed by atoms with Crippen LogP contribution in [0.4, 0.5) is 0 Å². The van der Waals surface area contributed by atoms with Crippen molar-refractivity contribution in [2.45, 2.75) is 31.7 Å². The topological polar surface area (TPSA) is 99.0 Å². The zero-order valence-corrected chi connectivity index (χ0v) is 18.2. The van der Waals surface area contributed by atoms with Crippen molar-refractivity contribution in [3.05, 3.63) is 70.5 Å². The first-order valence-corrected chi connectivity index (χ1v) is 10.2. The molecule has 9 heteroatoms. The van der Waals surface area contributed by atoms with E-state index >= 15 is 0 Å². The number of ether oxygens (including phenoxy) is 1. The summed E-state index contributed by atoms with van der Waals surface area (Å²) < 4.78 is 5.21. The van der Waals surface area contributed by atoms with Crippen LogP contribution in [0.3, 0.4) is 0 Å². The van der Waals surface area contributed by atoms with E-state index in [9.17, 15) is 9.59 Å². The van der Waals surface area contributed by atoms with Crippen LogP contribution in [0.5, 0.6) is 5.75 Å². The molecule has 2 aromatic carbocycles. The molecule has 1 amide bonds. The molecule has 31 heavy (non-hydrogen) atoms. The predicted octanol–water partition coefficient (Wildman–Crippen LogP) is 2.61. The second-order valence-electron chi connectivity index (χ2n) is 7.15. The summed E-state index contributed by atoms with van der Waals surface area (Å²) in [5.41, 5.74) is 1.92.